The second-order valence-corrected chi connectivity index (χ2v) is 17.9. The third-order valence-corrected chi connectivity index (χ3v) is 14.1. The van der Waals surface area contributed by atoms with Crippen LogP contribution in [0, 0.1) is 0 Å². The highest BCUT2D eigenvalue weighted by molar-refractivity contribution is 5.76. The van der Waals surface area contributed by atoms with Gasteiger partial charge in [0, 0.05) is 48.6 Å². The second-order valence-electron chi connectivity index (χ2n) is 17.9. The highest BCUT2D eigenvalue weighted by atomic mass is 16.3. The lowest BCUT2D eigenvalue weighted by molar-refractivity contribution is 0.442. The molecule has 0 atom stereocenters. The van der Waals surface area contributed by atoms with Gasteiger partial charge < -0.3 is 25.5 Å². The SMILES string of the molecule is Oc1c2cc(-c3ccccc3)cc1Cc1cc(-c3ccccc3)cc(c1O)Cc1ccc3c(c1O)C1c4ccccc4C3c3ccc(c(O)c31)Cc1cc(-c3ccccc3)cc(c1O)C2. The summed E-state index contributed by atoms with van der Waals surface area (Å²) in [5, 5.41) is 62.3. The van der Waals surface area contributed by atoms with Crippen LogP contribution in [0.2, 0.25) is 0 Å². The van der Waals surface area contributed by atoms with Gasteiger partial charge in [-0.3, -0.25) is 0 Å². The predicted molar refractivity (Wildman–Crippen MR) is 256 cm³/mol. The normalized spacial score (nSPS) is 15.4. The number of benzene rings is 9. The van der Waals surface area contributed by atoms with Gasteiger partial charge in [0.25, 0.3) is 0 Å². The minimum absolute atomic E-state index is 0.0874. The predicted octanol–water partition coefficient (Wildman–Crippen LogP) is 12.9. The molecule has 0 spiro atoms. The van der Waals surface area contributed by atoms with Crippen molar-refractivity contribution in [2.45, 2.75) is 37.5 Å². The summed E-state index contributed by atoms with van der Waals surface area (Å²) in [4.78, 5) is 0. The zero-order chi connectivity index (χ0) is 43.9. The number of rotatable bonds is 3. The van der Waals surface area contributed by atoms with E-state index in [0.717, 1.165) is 66.8 Å². The van der Waals surface area contributed by atoms with E-state index < -0.39 is 5.92 Å². The molecule has 0 unspecified atom stereocenters. The largest absolute Gasteiger partial charge is 0.507 e. The van der Waals surface area contributed by atoms with E-state index in [9.17, 15) is 25.5 Å². The van der Waals surface area contributed by atoms with Crippen molar-refractivity contribution in [1.82, 2.24) is 0 Å². The molecule has 0 fully saturated rings. The molecule has 0 aromatic heterocycles. The molecule has 5 nitrogen and oxygen atoms in total. The van der Waals surface area contributed by atoms with E-state index in [1.807, 2.05) is 146 Å². The average Bonchev–Trinajstić information content (AvgIpc) is 3.34. The molecule has 5 heteroatoms. The molecule has 13 rings (SSSR count). The molecule has 0 saturated carbocycles. The van der Waals surface area contributed by atoms with Crippen LogP contribution >= 0.6 is 0 Å². The van der Waals surface area contributed by atoms with E-state index in [0.29, 0.717) is 44.5 Å². The van der Waals surface area contributed by atoms with Crippen molar-refractivity contribution < 1.29 is 25.5 Å². The first-order chi connectivity index (χ1) is 31.8. The van der Waals surface area contributed by atoms with Crippen LogP contribution in [0.25, 0.3) is 33.4 Å². The first kappa shape index (κ1) is 38.6. The molecule has 12 bridgehead atoms. The topological polar surface area (TPSA) is 101 Å². The maximum Gasteiger partial charge on any atom is 0.123 e. The monoisotopic (exact) mass is 844 g/mol. The summed E-state index contributed by atoms with van der Waals surface area (Å²) >= 11 is 0. The molecule has 0 radical (unpaired) electrons. The van der Waals surface area contributed by atoms with E-state index in [2.05, 4.69) is 30.3 Å². The van der Waals surface area contributed by atoms with Crippen molar-refractivity contribution in [3.05, 3.63) is 254 Å². The summed E-state index contributed by atoms with van der Waals surface area (Å²) in [6.45, 7) is 0. The van der Waals surface area contributed by atoms with Gasteiger partial charge >= 0.3 is 0 Å². The number of phenolic OH excluding ortho intramolecular Hbond substituents is 5. The number of hydrogen-bond acceptors (Lipinski definition) is 5. The minimum atomic E-state index is -0.446. The van der Waals surface area contributed by atoms with E-state index in [1.54, 1.807) is 0 Å². The molecule has 5 N–H and O–H groups in total. The summed E-state index contributed by atoms with van der Waals surface area (Å²) < 4.78 is 0. The zero-order valence-corrected chi connectivity index (χ0v) is 35.5. The standard InChI is InChI=1S/C60H44O5/c61-56-42-24-37-20-22-50-52-48-18-10-11-19-49(48)53(54(50)59(37)64)55-51(52)23-21-38(60(55)65)25-43-27-40(35-14-6-2-7-15-35)29-45(57(43)62)33-47-31-41(36-16-8-3-9-17-36)30-46(58(47)63)32-44(56)28-39(26-42)34-12-4-1-5-13-34/h1-23,26-31,52-53,61-65H,24-25,32-33H2. The van der Waals surface area contributed by atoms with Crippen molar-refractivity contribution in [3.8, 4) is 62.1 Å². The zero-order valence-electron chi connectivity index (χ0n) is 35.5. The highest BCUT2D eigenvalue weighted by Crippen LogP contribution is 2.61. The van der Waals surface area contributed by atoms with E-state index in [1.165, 1.54) is 0 Å². The summed E-state index contributed by atoms with van der Waals surface area (Å²) in [6, 6.07) is 58.6. The summed E-state index contributed by atoms with van der Waals surface area (Å²) in [5.41, 5.74) is 16.5. The molecular weight excluding hydrogens is 801 g/mol. The van der Waals surface area contributed by atoms with Crippen molar-refractivity contribution in [1.29, 1.82) is 0 Å². The van der Waals surface area contributed by atoms with Gasteiger partial charge in [0.1, 0.15) is 28.7 Å². The lowest BCUT2D eigenvalue weighted by Gasteiger charge is -2.43. The van der Waals surface area contributed by atoms with Gasteiger partial charge in [0.15, 0.2) is 0 Å². The molecule has 0 saturated heterocycles. The third-order valence-electron chi connectivity index (χ3n) is 14.1. The fourth-order valence-electron chi connectivity index (χ4n) is 11.0. The molecule has 0 aliphatic heterocycles. The van der Waals surface area contributed by atoms with Gasteiger partial charge in [0.2, 0.25) is 0 Å². The quantitative estimate of drug-likeness (QED) is 0.122. The van der Waals surface area contributed by atoms with Crippen molar-refractivity contribution in [3.63, 3.8) is 0 Å². The Bertz CT molecular complexity index is 3190. The van der Waals surface area contributed by atoms with Crippen molar-refractivity contribution in [2.75, 3.05) is 0 Å². The molecule has 9 aromatic carbocycles. The van der Waals surface area contributed by atoms with Gasteiger partial charge in [-0.15, -0.1) is 0 Å². The van der Waals surface area contributed by atoms with E-state index in [-0.39, 0.29) is 60.3 Å². The van der Waals surface area contributed by atoms with Crippen LogP contribution in [-0.2, 0) is 25.7 Å². The molecule has 9 aromatic rings. The van der Waals surface area contributed by atoms with Crippen LogP contribution in [0.4, 0.5) is 0 Å². The van der Waals surface area contributed by atoms with Crippen LogP contribution in [0.1, 0.15) is 89.7 Å². The maximum atomic E-state index is 12.6. The number of phenols is 5. The Kier molecular flexibility index (Phi) is 8.96. The van der Waals surface area contributed by atoms with Gasteiger partial charge in [-0.2, -0.15) is 0 Å². The smallest absolute Gasteiger partial charge is 0.123 e. The molecular formula is C60H44O5. The van der Waals surface area contributed by atoms with Gasteiger partial charge in [0.05, 0.1) is 0 Å². The lowest BCUT2D eigenvalue weighted by atomic mass is 9.60. The molecule has 4 aliphatic carbocycles. The molecule has 0 heterocycles. The molecule has 314 valence electrons. The Balaban J connectivity index is 1.13. The summed E-state index contributed by atoms with van der Waals surface area (Å²) in [7, 11) is 0. The minimum Gasteiger partial charge on any atom is -0.507 e. The lowest BCUT2D eigenvalue weighted by Crippen LogP contribution is -2.28. The Labute approximate surface area is 377 Å². The summed E-state index contributed by atoms with van der Waals surface area (Å²) in [5.74, 6) is -0.0664. The third kappa shape index (κ3) is 6.29. The van der Waals surface area contributed by atoms with Crippen LogP contribution < -0.4 is 0 Å². The van der Waals surface area contributed by atoms with Gasteiger partial charge in [-0.05, 0) is 137 Å². The van der Waals surface area contributed by atoms with Crippen LogP contribution in [0.3, 0.4) is 0 Å². The fourth-order valence-corrected chi connectivity index (χ4v) is 11.0. The van der Waals surface area contributed by atoms with Gasteiger partial charge in [-0.25, -0.2) is 0 Å². The molecule has 4 aliphatic rings. The van der Waals surface area contributed by atoms with Crippen LogP contribution in [0.5, 0.6) is 28.7 Å². The number of fused-ring (bicyclic) bond motifs is 8. The first-order valence-corrected chi connectivity index (χ1v) is 22.3. The molecule has 0 amide bonds. The molecule has 65 heavy (non-hydrogen) atoms. The first-order valence-electron chi connectivity index (χ1n) is 22.3. The van der Waals surface area contributed by atoms with Crippen LogP contribution in [-0.4, -0.2) is 25.5 Å². The van der Waals surface area contributed by atoms with E-state index in [4.69, 9.17) is 0 Å². The Morgan fingerprint density at radius 3 is 0.877 bits per heavy atom. The van der Waals surface area contributed by atoms with Crippen molar-refractivity contribution >= 4 is 0 Å². The Morgan fingerprint density at radius 2 is 0.538 bits per heavy atom. The second kappa shape index (κ2) is 15.1. The Hall–Kier alpha value is -8.02. The van der Waals surface area contributed by atoms with E-state index >= 15 is 0 Å². The highest BCUT2D eigenvalue weighted by Gasteiger charge is 2.45. The maximum absolute atomic E-state index is 12.6. The fraction of sp³-hybridized carbons (Fsp3) is 0.100. The number of aromatic hydroxyl groups is 5. The summed E-state index contributed by atoms with van der Waals surface area (Å²) in [6.07, 6.45) is 0.923. The van der Waals surface area contributed by atoms with Gasteiger partial charge in [-0.1, -0.05) is 140 Å². The average molecular weight is 845 g/mol. The Morgan fingerprint density at radius 1 is 0.246 bits per heavy atom. The number of hydrogen-bond donors (Lipinski definition) is 5. The van der Waals surface area contributed by atoms with Crippen LogP contribution in [0.15, 0.2) is 176 Å². The van der Waals surface area contributed by atoms with Crippen molar-refractivity contribution in [2.24, 2.45) is 0 Å².